The molecular weight excluding hydrogens is 382 g/mol. The van der Waals surface area contributed by atoms with Crippen molar-refractivity contribution in [1.82, 2.24) is 10.6 Å². The fourth-order valence-corrected chi connectivity index (χ4v) is 3.98. The summed E-state index contributed by atoms with van der Waals surface area (Å²) in [5.74, 6) is 1.24. The third-order valence-electron chi connectivity index (χ3n) is 5.69. The summed E-state index contributed by atoms with van der Waals surface area (Å²) in [4.78, 5) is 25.8. The Morgan fingerprint density at radius 3 is 2.47 bits per heavy atom. The topological polar surface area (TPSA) is 88.7 Å². The largest absolute Gasteiger partial charge is 0.454 e. The zero-order valence-corrected chi connectivity index (χ0v) is 17.1. The van der Waals surface area contributed by atoms with Gasteiger partial charge in [0.2, 0.25) is 12.7 Å². The van der Waals surface area contributed by atoms with Crippen LogP contribution in [0, 0.1) is 6.92 Å². The van der Waals surface area contributed by atoms with Crippen LogP contribution < -0.4 is 25.4 Å². The molecule has 7 heteroatoms. The average Bonchev–Trinajstić information content (AvgIpc) is 3.22. The Bertz CT molecular complexity index is 921. The molecular formula is C23H27N3O4. The molecule has 1 saturated carbocycles. The highest BCUT2D eigenvalue weighted by Crippen LogP contribution is 2.33. The van der Waals surface area contributed by atoms with E-state index < -0.39 is 5.54 Å². The summed E-state index contributed by atoms with van der Waals surface area (Å²) in [7, 11) is 0. The van der Waals surface area contributed by atoms with Crippen molar-refractivity contribution >= 4 is 17.6 Å². The average molecular weight is 409 g/mol. The van der Waals surface area contributed by atoms with Crippen molar-refractivity contribution in [2.75, 3.05) is 12.1 Å². The van der Waals surface area contributed by atoms with E-state index in [2.05, 4.69) is 16.0 Å². The Balaban J connectivity index is 1.40. The van der Waals surface area contributed by atoms with Crippen LogP contribution in [0.4, 0.5) is 10.5 Å². The summed E-state index contributed by atoms with van der Waals surface area (Å²) < 4.78 is 10.7. The maximum absolute atomic E-state index is 13.2. The van der Waals surface area contributed by atoms with Crippen molar-refractivity contribution in [3.8, 4) is 11.5 Å². The van der Waals surface area contributed by atoms with Gasteiger partial charge < -0.3 is 25.4 Å². The molecule has 1 aliphatic heterocycles. The molecule has 0 unspecified atom stereocenters. The summed E-state index contributed by atoms with van der Waals surface area (Å²) in [5, 5.41) is 8.80. The molecule has 1 heterocycles. The van der Waals surface area contributed by atoms with Crippen LogP contribution in [0.3, 0.4) is 0 Å². The smallest absolute Gasteiger partial charge is 0.320 e. The Kier molecular flexibility index (Phi) is 5.79. The Morgan fingerprint density at radius 1 is 0.967 bits per heavy atom. The lowest BCUT2D eigenvalue weighted by molar-refractivity contribution is -0.128. The molecule has 3 N–H and O–H groups in total. The molecule has 1 aliphatic carbocycles. The van der Waals surface area contributed by atoms with E-state index in [1.165, 1.54) is 0 Å². The van der Waals surface area contributed by atoms with E-state index in [-0.39, 0.29) is 18.7 Å². The summed E-state index contributed by atoms with van der Waals surface area (Å²) in [6, 6.07) is 12.8. The van der Waals surface area contributed by atoms with Gasteiger partial charge in [-0.2, -0.15) is 0 Å². The molecule has 0 spiro atoms. The molecule has 0 bridgehead atoms. The zero-order chi connectivity index (χ0) is 21.0. The first-order valence-electron chi connectivity index (χ1n) is 10.4. The van der Waals surface area contributed by atoms with Gasteiger partial charge >= 0.3 is 6.03 Å². The van der Waals surface area contributed by atoms with E-state index in [4.69, 9.17) is 9.47 Å². The number of benzene rings is 2. The van der Waals surface area contributed by atoms with Crippen LogP contribution in [0.1, 0.15) is 43.2 Å². The minimum Gasteiger partial charge on any atom is -0.454 e. The molecule has 2 aliphatic rings. The molecule has 30 heavy (non-hydrogen) atoms. The van der Waals surface area contributed by atoms with Gasteiger partial charge in [0.05, 0.1) is 0 Å². The maximum atomic E-state index is 13.2. The number of carbonyl (C=O) groups is 2. The van der Waals surface area contributed by atoms with E-state index in [9.17, 15) is 9.59 Å². The van der Waals surface area contributed by atoms with Crippen LogP contribution in [0.15, 0.2) is 42.5 Å². The van der Waals surface area contributed by atoms with E-state index in [1.54, 1.807) is 0 Å². The van der Waals surface area contributed by atoms with Crippen LogP contribution in [-0.2, 0) is 11.3 Å². The Labute approximate surface area is 176 Å². The van der Waals surface area contributed by atoms with Gasteiger partial charge in [-0.25, -0.2) is 4.79 Å². The van der Waals surface area contributed by atoms with Gasteiger partial charge in [0.25, 0.3) is 0 Å². The normalized spacial score (nSPS) is 16.6. The molecule has 3 amide bonds. The minimum atomic E-state index is -0.899. The number of anilines is 1. The van der Waals surface area contributed by atoms with Gasteiger partial charge in [0.15, 0.2) is 11.5 Å². The van der Waals surface area contributed by atoms with Gasteiger partial charge in [0.1, 0.15) is 5.54 Å². The first-order chi connectivity index (χ1) is 14.5. The Morgan fingerprint density at radius 2 is 1.70 bits per heavy atom. The van der Waals surface area contributed by atoms with Crippen LogP contribution >= 0.6 is 0 Å². The monoisotopic (exact) mass is 409 g/mol. The highest BCUT2D eigenvalue weighted by molar-refractivity contribution is 5.96. The quantitative estimate of drug-likeness (QED) is 0.700. The molecule has 7 nitrogen and oxygen atoms in total. The third kappa shape index (κ3) is 4.50. The number of hydrogen-bond donors (Lipinski definition) is 3. The van der Waals surface area contributed by atoms with Crippen molar-refractivity contribution in [3.05, 3.63) is 53.6 Å². The van der Waals surface area contributed by atoms with E-state index >= 15 is 0 Å². The molecule has 2 aromatic carbocycles. The van der Waals surface area contributed by atoms with Crippen molar-refractivity contribution in [3.63, 3.8) is 0 Å². The molecule has 1 fully saturated rings. The van der Waals surface area contributed by atoms with E-state index in [1.807, 2.05) is 49.4 Å². The molecule has 0 atom stereocenters. The first-order valence-corrected chi connectivity index (χ1v) is 10.4. The number of nitrogens with one attached hydrogen (secondary N) is 3. The van der Waals surface area contributed by atoms with Gasteiger partial charge in [-0.3, -0.25) is 4.79 Å². The molecule has 158 valence electrons. The molecule has 2 aromatic rings. The fraction of sp³-hybridized carbons (Fsp3) is 0.391. The number of carbonyl (C=O) groups excluding carboxylic acids is 2. The van der Waals surface area contributed by atoms with E-state index in [0.29, 0.717) is 36.6 Å². The lowest BCUT2D eigenvalue weighted by Crippen LogP contribution is -2.60. The van der Waals surface area contributed by atoms with Gasteiger partial charge in [-0.15, -0.1) is 0 Å². The molecule has 0 aromatic heterocycles. The predicted molar refractivity (Wildman–Crippen MR) is 114 cm³/mol. The second kappa shape index (κ2) is 8.65. The number of rotatable bonds is 5. The van der Waals surface area contributed by atoms with E-state index in [0.717, 1.165) is 30.4 Å². The van der Waals surface area contributed by atoms with Crippen LogP contribution in [0.2, 0.25) is 0 Å². The molecule has 0 saturated heterocycles. The second-order valence-electron chi connectivity index (χ2n) is 7.96. The summed E-state index contributed by atoms with van der Waals surface area (Å²) in [6.07, 6.45) is 4.13. The number of hydrogen-bond acceptors (Lipinski definition) is 4. The van der Waals surface area contributed by atoms with Crippen molar-refractivity contribution in [2.24, 2.45) is 0 Å². The summed E-state index contributed by atoms with van der Waals surface area (Å²) in [6.45, 7) is 2.57. The van der Waals surface area contributed by atoms with Crippen LogP contribution in [0.25, 0.3) is 0 Å². The van der Waals surface area contributed by atoms with Crippen molar-refractivity contribution in [1.29, 1.82) is 0 Å². The number of amides is 3. The lowest BCUT2D eigenvalue weighted by Gasteiger charge is -2.36. The number of fused-ring (bicyclic) bond motifs is 1. The van der Waals surface area contributed by atoms with Gasteiger partial charge in [-0.05, 0) is 49.6 Å². The second-order valence-corrected chi connectivity index (χ2v) is 7.96. The minimum absolute atomic E-state index is 0.154. The van der Waals surface area contributed by atoms with Crippen molar-refractivity contribution in [2.45, 2.75) is 51.1 Å². The fourth-order valence-electron chi connectivity index (χ4n) is 3.98. The molecule has 4 rings (SSSR count). The van der Waals surface area contributed by atoms with Crippen LogP contribution in [0.5, 0.6) is 11.5 Å². The number of ether oxygens (including phenoxy) is 2. The summed E-state index contributed by atoms with van der Waals surface area (Å²) >= 11 is 0. The standard InChI is InChI=1S/C23H27N3O4/c1-16-5-8-18(9-6-16)25-22(28)26-23(11-3-2-4-12-23)21(27)24-14-17-7-10-19-20(13-17)30-15-29-19/h5-10,13H,2-4,11-12,14-15H2,1H3,(H,24,27)(H2,25,26,28). The Hall–Kier alpha value is -3.22. The zero-order valence-electron chi connectivity index (χ0n) is 17.1. The van der Waals surface area contributed by atoms with Gasteiger partial charge in [0, 0.05) is 12.2 Å². The van der Waals surface area contributed by atoms with Crippen LogP contribution in [-0.4, -0.2) is 24.3 Å². The highest BCUT2D eigenvalue weighted by Gasteiger charge is 2.40. The highest BCUT2D eigenvalue weighted by atomic mass is 16.7. The summed E-state index contributed by atoms with van der Waals surface area (Å²) in [5.41, 5.74) is 1.84. The first kappa shape index (κ1) is 20.1. The third-order valence-corrected chi connectivity index (χ3v) is 5.69. The SMILES string of the molecule is Cc1ccc(NC(=O)NC2(C(=O)NCc3ccc4c(c3)OCO4)CCCCC2)cc1. The lowest BCUT2D eigenvalue weighted by atomic mass is 9.81. The number of urea groups is 1. The van der Waals surface area contributed by atoms with Crippen molar-refractivity contribution < 1.29 is 19.1 Å². The molecule has 0 radical (unpaired) electrons. The maximum Gasteiger partial charge on any atom is 0.320 e. The predicted octanol–water partition coefficient (Wildman–Crippen LogP) is 3.86. The van der Waals surface area contributed by atoms with Gasteiger partial charge in [-0.1, -0.05) is 43.0 Å². The number of aryl methyl sites for hydroxylation is 1.